The molecular weight excluding hydrogens is 507 g/mol. The molecule has 0 aliphatic carbocycles. The van der Waals surface area contributed by atoms with Crippen LogP contribution in [0.4, 0.5) is 14.9 Å². The van der Waals surface area contributed by atoms with Crippen LogP contribution in [0.25, 0.3) is 16.6 Å². The number of anilines is 1. The standard InChI is InChI=1S/C32H33FN4O3/c1-3-21-14-24(31(39)37-13-10-22-6-4-5-7-27(22)20(37)2)18-36-17-23(15-30(21)36)28-9-8-25(16-29(28)33)34-32(40)35-12-11-26(38)19-35/h4-9,14-18,20,26,38H,3,10-13,19H2,1-2H3,(H,34,40)/t20-,26?/m1/s1. The summed E-state index contributed by atoms with van der Waals surface area (Å²) in [7, 11) is 0. The number of aromatic nitrogens is 1. The van der Waals surface area contributed by atoms with E-state index in [1.165, 1.54) is 22.1 Å². The molecule has 0 bridgehead atoms. The summed E-state index contributed by atoms with van der Waals surface area (Å²) in [5.41, 5.74) is 6.50. The van der Waals surface area contributed by atoms with E-state index in [2.05, 4.69) is 24.4 Å². The van der Waals surface area contributed by atoms with Crippen LogP contribution in [0.2, 0.25) is 0 Å². The zero-order valence-corrected chi connectivity index (χ0v) is 22.7. The van der Waals surface area contributed by atoms with Crippen LogP contribution in [-0.4, -0.2) is 57.0 Å². The van der Waals surface area contributed by atoms with Gasteiger partial charge in [-0.15, -0.1) is 0 Å². The van der Waals surface area contributed by atoms with Crippen LogP contribution in [0.5, 0.6) is 0 Å². The molecule has 2 aliphatic rings. The van der Waals surface area contributed by atoms with Gasteiger partial charge in [0, 0.05) is 54.4 Å². The van der Waals surface area contributed by atoms with Crippen LogP contribution in [0, 0.1) is 5.82 Å². The number of carbonyl (C=O) groups is 2. The fraction of sp³-hybridized carbons (Fsp3) is 0.312. The largest absolute Gasteiger partial charge is 0.391 e. The number of aliphatic hydroxyl groups excluding tert-OH is 1. The maximum atomic E-state index is 15.3. The van der Waals surface area contributed by atoms with Crippen molar-refractivity contribution in [3.63, 3.8) is 0 Å². The number of halogens is 1. The molecule has 40 heavy (non-hydrogen) atoms. The average Bonchev–Trinajstić information content (AvgIpc) is 3.59. The predicted octanol–water partition coefficient (Wildman–Crippen LogP) is 5.67. The molecule has 2 aliphatic heterocycles. The van der Waals surface area contributed by atoms with Crippen molar-refractivity contribution in [2.45, 2.75) is 45.3 Å². The van der Waals surface area contributed by atoms with Gasteiger partial charge in [0.25, 0.3) is 5.91 Å². The predicted molar refractivity (Wildman–Crippen MR) is 153 cm³/mol. The van der Waals surface area contributed by atoms with Gasteiger partial charge in [0.1, 0.15) is 5.82 Å². The van der Waals surface area contributed by atoms with Gasteiger partial charge in [0.2, 0.25) is 0 Å². The normalized spacial score (nSPS) is 18.7. The minimum absolute atomic E-state index is 0.00866. The molecule has 0 spiro atoms. The molecule has 3 amide bonds. The molecule has 2 atom stereocenters. The number of hydrogen-bond donors (Lipinski definition) is 2. The molecule has 4 aromatic rings. The SMILES string of the molecule is CCc1cc(C(=O)N2CCc3ccccc3[C@H]2C)cn2cc(-c3ccc(NC(=O)N4CCC(O)C4)cc3F)cc12. The third kappa shape index (κ3) is 4.73. The topological polar surface area (TPSA) is 77.3 Å². The number of benzene rings is 2. The number of urea groups is 1. The quantitative estimate of drug-likeness (QED) is 0.350. The summed E-state index contributed by atoms with van der Waals surface area (Å²) in [4.78, 5) is 29.6. The highest BCUT2D eigenvalue weighted by molar-refractivity contribution is 5.95. The van der Waals surface area contributed by atoms with E-state index >= 15 is 4.39 Å². The summed E-state index contributed by atoms with van der Waals surface area (Å²) in [5.74, 6) is -0.462. The summed E-state index contributed by atoms with van der Waals surface area (Å²) in [5, 5.41) is 12.4. The van der Waals surface area contributed by atoms with Gasteiger partial charge in [-0.2, -0.15) is 0 Å². The molecule has 1 saturated heterocycles. The van der Waals surface area contributed by atoms with Crippen molar-refractivity contribution in [1.82, 2.24) is 14.2 Å². The number of β-amino-alcohol motifs (C(OH)–C–C–N with tert-alkyl or cyclic N) is 1. The lowest BCUT2D eigenvalue weighted by Gasteiger charge is -2.35. The number of carbonyl (C=O) groups excluding carboxylic acids is 2. The second kappa shape index (κ2) is 10.4. The minimum Gasteiger partial charge on any atom is -0.391 e. The molecule has 206 valence electrons. The molecule has 1 fully saturated rings. The van der Waals surface area contributed by atoms with Crippen LogP contribution in [0.15, 0.2) is 67.0 Å². The smallest absolute Gasteiger partial charge is 0.321 e. The molecule has 7 nitrogen and oxygen atoms in total. The van der Waals surface area contributed by atoms with Gasteiger partial charge in [0.15, 0.2) is 0 Å². The lowest BCUT2D eigenvalue weighted by molar-refractivity contribution is 0.0677. The van der Waals surface area contributed by atoms with Gasteiger partial charge in [-0.25, -0.2) is 9.18 Å². The van der Waals surface area contributed by atoms with E-state index < -0.39 is 11.9 Å². The van der Waals surface area contributed by atoms with Gasteiger partial charge in [-0.1, -0.05) is 31.2 Å². The summed E-state index contributed by atoms with van der Waals surface area (Å²) < 4.78 is 17.2. The molecule has 6 rings (SSSR count). The molecular formula is C32H33FN4O3. The molecule has 0 radical (unpaired) electrons. The molecule has 2 aromatic heterocycles. The third-order valence-corrected chi connectivity index (χ3v) is 8.25. The third-order valence-electron chi connectivity index (χ3n) is 8.25. The van der Waals surface area contributed by atoms with Crippen molar-refractivity contribution >= 4 is 23.1 Å². The Morgan fingerprint density at radius 1 is 1.07 bits per heavy atom. The summed E-state index contributed by atoms with van der Waals surface area (Å²) in [6.45, 7) is 5.54. The first kappa shape index (κ1) is 26.1. The van der Waals surface area contributed by atoms with Gasteiger partial charge < -0.3 is 24.6 Å². The van der Waals surface area contributed by atoms with Crippen molar-refractivity contribution in [2.24, 2.45) is 0 Å². The van der Waals surface area contributed by atoms with Gasteiger partial charge >= 0.3 is 6.03 Å². The Kier molecular flexibility index (Phi) is 6.80. The van der Waals surface area contributed by atoms with Gasteiger partial charge in [-0.05, 0) is 73.2 Å². The highest BCUT2D eigenvalue weighted by atomic mass is 19.1. The Morgan fingerprint density at radius 3 is 2.65 bits per heavy atom. The van der Waals surface area contributed by atoms with E-state index in [0.717, 1.165) is 23.9 Å². The number of aliphatic hydroxyl groups is 1. The van der Waals surface area contributed by atoms with Crippen LogP contribution in [0.1, 0.15) is 53.4 Å². The van der Waals surface area contributed by atoms with Crippen molar-refractivity contribution in [2.75, 3.05) is 25.0 Å². The zero-order valence-electron chi connectivity index (χ0n) is 22.7. The first-order valence-electron chi connectivity index (χ1n) is 13.9. The Bertz CT molecular complexity index is 1610. The summed E-state index contributed by atoms with van der Waals surface area (Å²) in [6.07, 6.45) is 5.27. The maximum absolute atomic E-state index is 15.3. The molecule has 1 unspecified atom stereocenters. The number of hydrogen-bond acceptors (Lipinski definition) is 3. The second-order valence-corrected chi connectivity index (χ2v) is 10.8. The molecule has 8 heteroatoms. The van der Waals surface area contributed by atoms with Gasteiger partial charge in [-0.3, -0.25) is 4.79 Å². The number of likely N-dealkylation sites (tertiary alicyclic amines) is 1. The highest BCUT2D eigenvalue weighted by Crippen LogP contribution is 2.32. The molecule has 2 aromatic carbocycles. The lowest BCUT2D eigenvalue weighted by Crippen LogP contribution is -2.39. The molecule has 4 heterocycles. The second-order valence-electron chi connectivity index (χ2n) is 10.8. The van der Waals surface area contributed by atoms with E-state index in [4.69, 9.17) is 0 Å². The Hall–Kier alpha value is -4.17. The van der Waals surface area contributed by atoms with Crippen LogP contribution >= 0.6 is 0 Å². The van der Waals surface area contributed by atoms with E-state index in [9.17, 15) is 14.7 Å². The fourth-order valence-electron chi connectivity index (χ4n) is 6.01. The Morgan fingerprint density at radius 2 is 1.90 bits per heavy atom. The van der Waals surface area contributed by atoms with E-state index in [1.807, 2.05) is 52.9 Å². The number of rotatable bonds is 4. The van der Waals surface area contributed by atoms with Crippen LogP contribution in [-0.2, 0) is 12.8 Å². The molecule has 0 saturated carbocycles. The number of nitrogens with zero attached hydrogens (tertiary/aromatic N) is 3. The fourth-order valence-corrected chi connectivity index (χ4v) is 6.01. The van der Waals surface area contributed by atoms with Crippen molar-refractivity contribution in [3.05, 3.63) is 95.1 Å². The number of pyridine rings is 1. The Balaban J connectivity index is 1.26. The number of amides is 3. The average molecular weight is 541 g/mol. The zero-order chi connectivity index (χ0) is 28.0. The highest BCUT2D eigenvalue weighted by Gasteiger charge is 2.29. The van der Waals surface area contributed by atoms with E-state index in [0.29, 0.717) is 41.9 Å². The summed E-state index contributed by atoms with van der Waals surface area (Å²) in [6, 6.07) is 16.5. The van der Waals surface area contributed by atoms with Gasteiger partial charge in [0.05, 0.1) is 17.7 Å². The molecule has 2 N–H and O–H groups in total. The van der Waals surface area contributed by atoms with E-state index in [1.54, 1.807) is 12.1 Å². The number of fused-ring (bicyclic) bond motifs is 2. The first-order valence-corrected chi connectivity index (χ1v) is 13.9. The van der Waals surface area contributed by atoms with Crippen molar-refractivity contribution in [3.8, 4) is 11.1 Å². The summed E-state index contributed by atoms with van der Waals surface area (Å²) >= 11 is 0. The first-order chi connectivity index (χ1) is 19.3. The minimum atomic E-state index is -0.516. The van der Waals surface area contributed by atoms with Crippen LogP contribution in [0.3, 0.4) is 0 Å². The number of aryl methyl sites for hydroxylation is 1. The van der Waals surface area contributed by atoms with Crippen molar-refractivity contribution < 1.29 is 19.1 Å². The van der Waals surface area contributed by atoms with Crippen molar-refractivity contribution in [1.29, 1.82) is 0 Å². The lowest BCUT2D eigenvalue weighted by atomic mass is 9.93. The maximum Gasteiger partial charge on any atom is 0.321 e. The van der Waals surface area contributed by atoms with E-state index in [-0.39, 0.29) is 24.5 Å². The number of nitrogens with one attached hydrogen (secondary N) is 1. The monoisotopic (exact) mass is 540 g/mol. The Labute approximate surface area is 232 Å². The van der Waals surface area contributed by atoms with Crippen LogP contribution < -0.4 is 5.32 Å².